The van der Waals surface area contributed by atoms with Crippen LogP contribution >= 0.6 is 22.6 Å². The highest BCUT2D eigenvalue weighted by atomic mass is 127. The Morgan fingerprint density at radius 2 is 1.68 bits per heavy atom. The molecule has 0 fully saturated rings. The molecule has 0 amide bonds. The molecule has 164 valence electrons. The normalized spacial score (nSPS) is 12.7. The summed E-state index contributed by atoms with van der Waals surface area (Å²) in [4.78, 5) is 25.8. The highest BCUT2D eigenvalue weighted by molar-refractivity contribution is 14.1. The van der Waals surface area contributed by atoms with Gasteiger partial charge in [0.15, 0.2) is 0 Å². The minimum Gasteiger partial charge on any atom is -0.322 e. The lowest BCUT2D eigenvalue weighted by atomic mass is 10.1. The summed E-state index contributed by atoms with van der Waals surface area (Å²) in [5.41, 5.74) is 3.67. The Morgan fingerprint density at radius 3 is 2.29 bits per heavy atom. The summed E-state index contributed by atoms with van der Waals surface area (Å²) < 4.78 is 56.5. The molecule has 0 aliphatic carbocycles. The molecule has 2 aromatic carbocycles. The molecule has 1 aromatic heterocycles. The lowest BCUT2D eigenvalue weighted by Gasteiger charge is -2.20. The maximum absolute atomic E-state index is 14.3. The first-order chi connectivity index (χ1) is 14.5. The highest BCUT2D eigenvalue weighted by Crippen LogP contribution is 2.33. The van der Waals surface area contributed by atoms with E-state index in [2.05, 4.69) is 0 Å². The Morgan fingerprint density at radius 1 is 1.03 bits per heavy atom. The molecule has 5 nitrogen and oxygen atoms in total. The number of rotatable bonds is 5. The average Bonchev–Trinajstić information content (AvgIpc) is 2.73. The number of aromatic nitrogens is 2. The molecule has 0 spiro atoms. The summed E-state index contributed by atoms with van der Waals surface area (Å²) in [5.74, 6) is -1.09. The SMILES string of the molecule is Cc1c(I)c(=O)n(CC(N)c2ccccc2)c(=O)n1Cc1c(F)cccc1C(F)(F)F. The predicted molar refractivity (Wildman–Crippen MR) is 116 cm³/mol. The van der Waals surface area contributed by atoms with E-state index < -0.39 is 47.0 Å². The van der Waals surface area contributed by atoms with E-state index >= 15 is 0 Å². The van der Waals surface area contributed by atoms with Gasteiger partial charge in [-0.1, -0.05) is 36.4 Å². The summed E-state index contributed by atoms with van der Waals surface area (Å²) >= 11 is 1.72. The molecule has 0 aliphatic rings. The Kier molecular flexibility index (Phi) is 6.70. The first kappa shape index (κ1) is 23.2. The van der Waals surface area contributed by atoms with Crippen LogP contribution in [-0.2, 0) is 19.3 Å². The van der Waals surface area contributed by atoms with Crippen molar-refractivity contribution in [1.29, 1.82) is 0 Å². The van der Waals surface area contributed by atoms with Crippen LogP contribution in [-0.4, -0.2) is 9.13 Å². The molecule has 1 atom stereocenters. The number of hydrogen-bond acceptors (Lipinski definition) is 3. The molecule has 31 heavy (non-hydrogen) atoms. The summed E-state index contributed by atoms with van der Waals surface area (Å²) in [6, 6.07) is 10.7. The molecule has 10 heteroatoms. The summed E-state index contributed by atoms with van der Waals surface area (Å²) in [7, 11) is 0. The third kappa shape index (κ3) is 4.74. The van der Waals surface area contributed by atoms with Crippen molar-refractivity contribution in [1.82, 2.24) is 9.13 Å². The van der Waals surface area contributed by atoms with Crippen molar-refractivity contribution >= 4 is 22.6 Å². The Balaban J connectivity index is 2.12. The van der Waals surface area contributed by atoms with E-state index in [4.69, 9.17) is 5.73 Å². The van der Waals surface area contributed by atoms with Crippen LogP contribution in [0.25, 0.3) is 0 Å². The molecular formula is C21H18F4IN3O2. The Hall–Kier alpha value is -2.47. The quantitative estimate of drug-likeness (QED) is 0.390. The monoisotopic (exact) mass is 547 g/mol. The van der Waals surface area contributed by atoms with Crippen LogP contribution in [0.4, 0.5) is 17.6 Å². The fourth-order valence-corrected chi connectivity index (χ4v) is 3.84. The molecule has 1 heterocycles. The number of halogens is 5. The van der Waals surface area contributed by atoms with E-state index in [1.165, 1.54) is 6.92 Å². The lowest BCUT2D eigenvalue weighted by molar-refractivity contribution is -0.138. The maximum atomic E-state index is 14.3. The third-order valence-electron chi connectivity index (χ3n) is 4.96. The first-order valence-electron chi connectivity index (χ1n) is 9.17. The van der Waals surface area contributed by atoms with E-state index in [1.807, 2.05) is 0 Å². The number of nitrogens with two attached hydrogens (primary N) is 1. The van der Waals surface area contributed by atoms with E-state index in [-0.39, 0.29) is 15.8 Å². The van der Waals surface area contributed by atoms with Crippen LogP contribution in [0.2, 0.25) is 0 Å². The lowest BCUT2D eigenvalue weighted by Crippen LogP contribution is -2.44. The van der Waals surface area contributed by atoms with Gasteiger partial charge in [-0.15, -0.1) is 0 Å². The predicted octanol–water partition coefficient (Wildman–Crippen LogP) is 3.83. The van der Waals surface area contributed by atoms with Gasteiger partial charge in [0.1, 0.15) is 5.82 Å². The smallest absolute Gasteiger partial charge is 0.322 e. The molecule has 0 radical (unpaired) electrons. The number of nitrogens with zero attached hydrogens (tertiary/aromatic N) is 2. The van der Waals surface area contributed by atoms with Gasteiger partial charge in [-0.2, -0.15) is 13.2 Å². The average molecular weight is 547 g/mol. The van der Waals surface area contributed by atoms with Gasteiger partial charge in [-0.05, 0) is 47.2 Å². The molecule has 0 saturated carbocycles. The molecule has 3 aromatic rings. The maximum Gasteiger partial charge on any atom is 0.416 e. The van der Waals surface area contributed by atoms with E-state index in [9.17, 15) is 27.2 Å². The second-order valence-electron chi connectivity index (χ2n) is 6.96. The first-order valence-corrected chi connectivity index (χ1v) is 10.2. The van der Waals surface area contributed by atoms with Gasteiger partial charge in [-0.3, -0.25) is 13.9 Å². The molecule has 0 saturated heterocycles. The van der Waals surface area contributed by atoms with Crippen molar-refractivity contribution in [3.8, 4) is 0 Å². The van der Waals surface area contributed by atoms with Gasteiger partial charge >= 0.3 is 11.9 Å². The zero-order chi connectivity index (χ0) is 22.9. The summed E-state index contributed by atoms with van der Waals surface area (Å²) in [6.45, 7) is 0.574. The molecule has 3 rings (SSSR count). The van der Waals surface area contributed by atoms with Crippen molar-refractivity contribution in [2.45, 2.75) is 32.2 Å². The van der Waals surface area contributed by atoms with Crippen LogP contribution in [0.5, 0.6) is 0 Å². The van der Waals surface area contributed by atoms with E-state index in [0.29, 0.717) is 5.56 Å². The molecule has 2 N–H and O–H groups in total. The molecule has 0 bridgehead atoms. The van der Waals surface area contributed by atoms with Crippen LogP contribution in [0.15, 0.2) is 58.1 Å². The Labute approximate surface area is 188 Å². The van der Waals surface area contributed by atoms with Crippen LogP contribution in [0.1, 0.15) is 28.4 Å². The van der Waals surface area contributed by atoms with E-state index in [1.54, 1.807) is 52.9 Å². The zero-order valence-electron chi connectivity index (χ0n) is 16.3. The topological polar surface area (TPSA) is 70.0 Å². The second-order valence-corrected chi connectivity index (χ2v) is 8.04. The Bertz CT molecular complexity index is 1220. The van der Waals surface area contributed by atoms with Gasteiger partial charge in [0.25, 0.3) is 5.56 Å². The standard InChI is InChI=1S/C21H18F4IN3O2/c1-12-18(26)19(30)29(11-17(27)13-6-3-2-4-7-13)20(31)28(12)10-14-15(21(23,24)25)8-5-9-16(14)22/h2-9,17H,10-11,27H2,1H3. The number of alkyl halides is 3. The van der Waals surface area contributed by atoms with Crippen molar-refractivity contribution < 1.29 is 17.6 Å². The van der Waals surface area contributed by atoms with Gasteiger partial charge in [0.05, 0.1) is 22.2 Å². The number of benzene rings is 2. The zero-order valence-corrected chi connectivity index (χ0v) is 18.4. The van der Waals surface area contributed by atoms with Gasteiger partial charge in [0, 0.05) is 17.3 Å². The van der Waals surface area contributed by atoms with Gasteiger partial charge < -0.3 is 5.73 Å². The van der Waals surface area contributed by atoms with Crippen LogP contribution < -0.4 is 17.0 Å². The van der Waals surface area contributed by atoms with Crippen LogP contribution in [0.3, 0.4) is 0 Å². The fraction of sp³-hybridized carbons (Fsp3) is 0.238. The summed E-state index contributed by atoms with van der Waals surface area (Å²) in [5, 5.41) is 0. The van der Waals surface area contributed by atoms with Gasteiger partial charge in [0.2, 0.25) is 0 Å². The molecular weight excluding hydrogens is 529 g/mol. The summed E-state index contributed by atoms with van der Waals surface area (Å²) in [6.07, 6.45) is -4.80. The minimum atomic E-state index is -4.80. The number of hydrogen-bond donors (Lipinski definition) is 1. The molecule has 0 aliphatic heterocycles. The second kappa shape index (κ2) is 8.95. The van der Waals surface area contributed by atoms with Crippen molar-refractivity contribution in [2.24, 2.45) is 5.73 Å². The highest BCUT2D eigenvalue weighted by Gasteiger charge is 2.35. The third-order valence-corrected chi connectivity index (χ3v) is 6.21. The van der Waals surface area contributed by atoms with Gasteiger partial charge in [-0.25, -0.2) is 9.18 Å². The van der Waals surface area contributed by atoms with E-state index in [0.717, 1.165) is 27.3 Å². The fourth-order valence-electron chi connectivity index (χ4n) is 3.26. The van der Waals surface area contributed by atoms with Crippen molar-refractivity contribution in [3.63, 3.8) is 0 Å². The largest absolute Gasteiger partial charge is 0.416 e. The van der Waals surface area contributed by atoms with Crippen molar-refractivity contribution in [3.05, 3.63) is 101 Å². The van der Waals surface area contributed by atoms with Crippen LogP contribution in [0, 0.1) is 16.3 Å². The molecule has 1 unspecified atom stereocenters. The van der Waals surface area contributed by atoms with Crippen molar-refractivity contribution in [2.75, 3.05) is 0 Å². The minimum absolute atomic E-state index is 0.141.